The van der Waals surface area contributed by atoms with Crippen LogP contribution in [0.5, 0.6) is 0 Å². The number of aromatic nitrogens is 3. The Bertz CT molecular complexity index is 5090. The van der Waals surface area contributed by atoms with Crippen molar-refractivity contribution < 1.29 is 0 Å². The fourth-order valence-electron chi connectivity index (χ4n) is 13.9. The van der Waals surface area contributed by atoms with Gasteiger partial charge >= 0.3 is 0 Å². The Morgan fingerprint density at radius 1 is 0.341 bits per heavy atom. The predicted molar refractivity (Wildman–Crippen MR) is 340 cm³/mol. The second kappa shape index (κ2) is 17.9. The van der Waals surface area contributed by atoms with Crippen LogP contribution < -0.4 is 21.3 Å². The average molecular weight is 1060 g/mol. The first-order valence-electron chi connectivity index (χ1n) is 27.7. The van der Waals surface area contributed by atoms with Crippen LogP contribution in [0.1, 0.15) is 11.1 Å². The van der Waals surface area contributed by atoms with E-state index in [0.29, 0.717) is 16.8 Å². The Kier molecular flexibility index (Phi) is 10.1. The molecule has 0 saturated heterocycles. The number of nitriles is 2. The van der Waals surface area contributed by atoms with Crippen LogP contribution >= 0.6 is 11.8 Å². The highest BCUT2D eigenvalue weighted by Gasteiger charge is 2.46. The lowest BCUT2D eigenvalue weighted by molar-refractivity contribution is 1.12. The summed E-state index contributed by atoms with van der Waals surface area (Å²) in [4.78, 5) is 4.31. The molecule has 12 aromatic carbocycles. The van der Waals surface area contributed by atoms with Crippen LogP contribution in [0.4, 0.5) is 17.1 Å². The first-order chi connectivity index (χ1) is 40.7. The molecule has 2 aliphatic rings. The zero-order valence-corrected chi connectivity index (χ0v) is 44.8. The van der Waals surface area contributed by atoms with Crippen molar-refractivity contribution in [2.75, 3.05) is 4.90 Å². The topological polar surface area (TPSA) is 65.6 Å². The average Bonchev–Trinajstić information content (AvgIpc) is 1.44. The van der Waals surface area contributed by atoms with Gasteiger partial charge in [-0.25, -0.2) is 0 Å². The van der Waals surface area contributed by atoms with Gasteiger partial charge in [0, 0.05) is 70.3 Å². The van der Waals surface area contributed by atoms with E-state index in [1.54, 1.807) is 11.8 Å². The molecule has 0 saturated carbocycles. The summed E-state index contributed by atoms with van der Waals surface area (Å²) in [7, 11) is 0. The summed E-state index contributed by atoms with van der Waals surface area (Å²) in [5, 5.41) is 31.5. The Balaban J connectivity index is 1.05. The molecule has 82 heavy (non-hydrogen) atoms. The van der Waals surface area contributed by atoms with Crippen molar-refractivity contribution in [1.82, 2.24) is 13.7 Å². The van der Waals surface area contributed by atoms with Gasteiger partial charge < -0.3 is 18.6 Å². The highest BCUT2D eigenvalue weighted by atomic mass is 32.2. The SMILES string of the molecule is N#Cc1c2c3c(c(C#N)c1-n1c4ccccc4c4ccccc41)N(c1c(-c4ccccc4)cccc1-c1ccccc1)c1cc(-n4c5ccccc5c5ccccc54)ccc1B3c1ccc(-n3c4ccccc4c4ccccc43)cc1S2. The Morgan fingerprint density at radius 2 is 0.744 bits per heavy atom. The summed E-state index contributed by atoms with van der Waals surface area (Å²) in [5.41, 5.74) is 19.6. The molecule has 0 fully saturated rings. The molecule has 2 aliphatic heterocycles. The van der Waals surface area contributed by atoms with E-state index >= 15 is 0 Å². The van der Waals surface area contributed by atoms with Gasteiger partial charge in [0.2, 0.25) is 6.71 Å². The van der Waals surface area contributed by atoms with E-state index in [2.05, 4.69) is 292 Å². The Labute approximate surface area is 476 Å². The second-order valence-corrected chi connectivity index (χ2v) is 22.3. The third kappa shape index (κ3) is 6.47. The van der Waals surface area contributed by atoms with Crippen molar-refractivity contribution >= 4 is 117 Å². The quantitative estimate of drug-likeness (QED) is 0.156. The number of nitrogens with zero attached hydrogens (tertiary/aromatic N) is 6. The van der Waals surface area contributed by atoms with Crippen LogP contribution in [-0.4, -0.2) is 20.4 Å². The number of hydrogen-bond donors (Lipinski definition) is 0. The Morgan fingerprint density at radius 3 is 1.20 bits per heavy atom. The molecule has 0 aliphatic carbocycles. The molecule has 0 atom stereocenters. The minimum atomic E-state index is -0.387. The van der Waals surface area contributed by atoms with E-state index in [9.17, 15) is 10.5 Å². The van der Waals surface area contributed by atoms with E-state index in [4.69, 9.17) is 0 Å². The van der Waals surface area contributed by atoms with Crippen LogP contribution in [0.25, 0.3) is 105 Å². The fourth-order valence-corrected chi connectivity index (χ4v) is 15.1. The predicted octanol–water partition coefficient (Wildman–Crippen LogP) is 16.8. The minimum absolute atomic E-state index is 0.387. The molecular weight excluding hydrogens is 1020 g/mol. The third-order valence-electron chi connectivity index (χ3n) is 17.2. The lowest BCUT2D eigenvalue weighted by Crippen LogP contribution is -2.60. The van der Waals surface area contributed by atoms with Gasteiger partial charge in [0.1, 0.15) is 17.7 Å². The number of hydrogen-bond acceptors (Lipinski definition) is 4. The minimum Gasteiger partial charge on any atom is -0.309 e. The molecule has 0 spiro atoms. The number of benzene rings is 12. The van der Waals surface area contributed by atoms with Crippen LogP contribution in [0.3, 0.4) is 0 Å². The summed E-state index contributed by atoms with van der Waals surface area (Å²) in [6, 6.07) is 98.8. The van der Waals surface area contributed by atoms with Gasteiger partial charge in [-0.3, -0.25) is 0 Å². The smallest absolute Gasteiger partial charge is 0.249 e. The maximum atomic E-state index is 12.5. The third-order valence-corrected chi connectivity index (χ3v) is 18.4. The van der Waals surface area contributed by atoms with Crippen LogP contribution in [0, 0.1) is 22.7 Å². The summed E-state index contributed by atoms with van der Waals surface area (Å²) in [6.45, 7) is -0.387. The maximum Gasteiger partial charge on any atom is 0.249 e. The molecule has 3 aromatic heterocycles. The highest BCUT2D eigenvalue weighted by molar-refractivity contribution is 8.00. The highest BCUT2D eigenvalue weighted by Crippen LogP contribution is 2.53. The van der Waals surface area contributed by atoms with Crippen molar-refractivity contribution in [3.8, 4) is 51.5 Å². The molecule has 5 heterocycles. The number of fused-ring (bicyclic) bond motifs is 13. The summed E-state index contributed by atoms with van der Waals surface area (Å²) < 4.78 is 6.96. The molecule has 8 heteroatoms. The number of rotatable bonds is 6. The van der Waals surface area contributed by atoms with E-state index < -0.39 is 0 Å². The molecular formula is C74H43BN6S. The molecule has 0 N–H and O–H groups in total. The summed E-state index contributed by atoms with van der Waals surface area (Å²) in [6.07, 6.45) is 0. The molecule has 0 bridgehead atoms. The molecule has 0 amide bonds. The van der Waals surface area contributed by atoms with Crippen molar-refractivity contribution in [3.63, 3.8) is 0 Å². The van der Waals surface area contributed by atoms with Crippen LogP contribution in [-0.2, 0) is 0 Å². The molecule has 6 nitrogen and oxygen atoms in total. The van der Waals surface area contributed by atoms with Crippen molar-refractivity contribution in [3.05, 3.63) is 272 Å². The fraction of sp³-hybridized carbons (Fsp3) is 0. The first kappa shape index (κ1) is 46.2. The summed E-state index contributed by atoms with van der Waals surface area (Å²) in [5.74, 6) is 0. The van der Waals surface area contributed by atoms with Crippen molar-refractivity contribution in [2.45, 2.75) is 9.79 Å². The normalized spacial score (nSPS) is 12.5. The van der Waals surface area contributed by atoms with Gasteiger partial charge in [0.05, 0.1) is 55.7 Å². The van der Waals surface area contributed by atoms with Crippen LogP contribution in [0.15, 0.2) is 271 Å². The maximum absolute atomic E-state index is 12.5. The van der Waals surface area contributed by atoms with Crippen LogP contribution in [0.2, 0.25) is 0 Å². The lowest BCUT2D eigenvalue weighted by Gasteiger charge is -2.43. The molecule has 0 radical (unpaired) electrons. The van der Waals surface area contributed by atoms with E-state index in [1.165, 1.54) is 21.5 Å². The zero-order chi connectivity index (χ0) is 54.2. The molecule has 15 aromatic rings. The second-order valence-electron chi connectivity index (χ2n) is 21.3. The van der Waals surface area contributed by atoms with E-state index in [1.807, 2.05) is 0 Å². The van der Waals surface area contributed by atoms with Crippen molar-refractivity contribution in [2.24, 2.45) is 0 Å². The van der Waals surface area contributed by atoms with E-state index in [-0.39, 0.29) is 6.71 Å². The van der Waals surface area contributed by atoms with Gasteiger partial charge in [0.25, 0.3) is 0 Å². The van der Waals surface area contributed by atoms with E-state index in [0.717, 1.165) is 121 Å². The summed E-state index contributed by atoms with van der Waals surface area (Å²) >= 11 is 1.65. The standard InChI is InChI=1S/C74H43BN6S/c76-44-58-72(80-66-36-17-11-28-56(66)57-29-12-18-37-67(57)80)59(45-77)74-70-73(58)81(71-50(46-20-3-1-4-21-46)30-19-31-51(71)47-22-5-2-6-23-47)68-42-48(78-62-32-13-7-24-52(62)53-25-8-14-33-63(53)78)38-40-60(68)75(70)61-41-39-49(43-69(61)82-74)79-64-34-15-9-26-54(64)55-27-10-16-35-65(55)79/h1-43H. The van der Waals surface area contributed by atoms with Gasteiger partial charge in [-0.05, 0) is 82.7 Å². The first-order valence-corrected chi connectivity index (χ1v) is 28.5. The number of anilines is 3. The van der Waals surface area contributed by atoms with Gasteiger partial charge in [0.15, 0.2) is 0 Å². The van der Waals surface area contributed by atoms with Gasteiger partial charge in [-0.15, -0.1) is 0 Å². The number of para-hydroxylation sites is 7. The largest absolute Gasteiger partial charge is 0.309 e. The molecule has 378 valence electrons. The lowest BCUT2D eigenvalue weighted by atomic mass is 9.34. The molecule has 0 unspecified atom stereocenters. The monoisotopic (exact) mass is 1060 g/mol. The Hall–Kier alpha value is -10.8. The van der Waals surface area contributed by atoms with Crippen molar-refractivity contribution in [1.29, 1.82) is 10.5 Å². The van der Waals surface area contributed by atoms with Gasteiger partial charge in [-0.2, -0.15) is 10.5 Å². The molecule has 17 rings (SSSR count). The van der Waals surface area contributed by atoms with Gasteiger partial charge in [-0.1, -0.05) is 217 Å². The zero-order valence-electron chi connectivity index (χ0n) is 44.0.